The number of nitrogens with two attached hydrogens (primary N) is 1. The minimum Gasteiger partial charge on any atom is -0.384 e. The SMILES string of the molecule is Cn1ncc(CNC(=O)c2cccc(F)c2)c1N. The van der Waals surface area contributed by atoms with E-state index >= 15 is 0 Å². The number of amides is 1. The van der Waals surface area contributed by atoms with Crippen LogP contribution in [0, 0.1) is 5.82 Å². The minimum absolute atomic E-state index is 0.259. The number of hydrogen-bond donors (Lipinski definition) is 2. The van der Waals surface area contributed by atoms with E-state index < -0.39 is 5.82 Å². The Labute approximate surface area is 103 Å². The van der Waals surface area contributed by atoms with Crippen LogP contribution in [0.5, 0.6) is 0 Å². The van der Waals surface area contributed by atoms with Crippen LogP contribution in [-0.4, -0.2) is 15.7 Å². The summed E-state index contributed by atoms with van der Waals surface area (Å²) in [5.74, 6) is -0.296. The summed E-state index contributed by atoms with van der Waals surface area (Å²) in [6.45, 7) is 0.259. The molecule has 1 aromatic heterocycles. The van der Waals surface area contributed by atoms with E-state index in [1.807, 2.05) is 0 Å². The summed E-state index contributed by atoms with van der Waals surface area (Å²) in [5, 5.41) is 6.62. The Kier molecular flexibility index (Phi) is 3.27. The van der Waals surface area contributed by atoms with E-state index in [0.717, 1.165) is 5.56 Å². The fourth-order valence-electron chi connectivity index (χ4n) is 1.54. The first-order chi connectivity index (χ1) is 8.58. The molecule has 0 saturated heterocycles. The number of carbonyl (C=O) groups excluding carboxylic acids is 1. The van der Waals surface area contributed by atoms with E-state index in [1.165, 1.54) is 22.9 Å². The molecule has 6 heteroatoms. The number of halogens is 1. The number of aromatic nitrogens is 2. The second-order valence-electron chi connectivity index (χ2n) is 3.87. The van der Waals surface area contributed by atoms with Crippen molar-refractivity contribution in [2.75, 3.05) is 5.73 Å². The van der Waals surface area contributed by atoms with Crippen LogP contribution in [0.1, 0.15) is 15.9 Å². The number of nitrogens with one attached hydrogen (secondary N) is 1. The van der Waals surface area contributed by atoms with Crippen LogP contribution in [0.4, 0.5) is 10.2 Å². The second kappa shape index (κ2) is 4.87. The van der Waals surface area contributed by atoms with Gasteiger partial charge in [0.15, 0.2) is 0 Å². The third-order valence-electron chi connectivity index (χ3n) is 2.59. The number of rotatable bonds is 3. The Morgan fingerprint density at radius 2 is 2.33 bits per heavy atom. The van der Waals surface area contributed by atoms with Crippen molar-refractivity contribution in [3.63, 3.8) is 0 Å². The maximum Gasteiger partial charge on any atom is 0.251 e. The molecule has 0 radical (unpaired) electrons. The van der Waals surface area contributed by atoms with Crippen molar-refractivity contribution in [2.24, 2.45) is 7.05 Å². The fraction of sp³-hybridized carbons (Fsp3) is 0.167. The average Bonchev–Trinajstić information content (AvgIpc) is 2.67. The van der Waals surface area contributed by atoms with Crippen molar-refractivity contribution < 1.29 is 9.18 Å². The molecule has 1 amide bonds. The number of carbonyl (C=O) groups is 1. The zero-order valence-electron chi connectivity index (χ0n) is 9.85. The van der Waals surface area contributed by atoms with Crippen LogP contribution in [0.3, 0.4) is 0 Å². The van der Waals surface area contributed by atoms with Crippen molar-refractivity contribution >= 4 is 11.7 Å². The Hall–Kier alpha value is -2.37. The normalized spacial score (nSPS) is 10.3. The lowest BCUT2D eigenvalue weighted by Gasteiger charge is -2.05. The van der Waals surface area contributed by atoms with Crippen molar-refractivity contribution in [1.82, 2.24) is 15.1 Å². The summed E-state index contributed by atoms with van der Waals surface area (Å²) in [5.41, 5.74) is 6.74. The summed E-state index contributed by atoms with van der Waals surface area (Å²) in [7, 11) is 1.72. The van der Waals surface area contributed by atoms with Gasteiger partial charge in [-0.05, 0) is 18.2 Å². The highest BCUT2D eigenvalue weighted by Gasteiger charge is 2.09. The van der Waals surface area contributed by atoms with Crippen LogP contribution < -0.4 is 11.1 Å². The number of nitrogens with zero attached hydrogens (tertiary/aromatic N) is 2. The van der Waals surface area contributed by atoms with Gasteiger partial charge in [-0.2, -0.15) is 5.10 Å². The number of anilines is 1. The van der Waals surface area contributed by atoms with Crippen LogP contribution in [-0.2, 0) is 13.6 Å². The van der Waals surface area contributed by atoms with Crippen molar-refractivity contribution in [3.8, 4) is 0 Å². The predicted octanol–water partition coefficient (Wildman–Crippen LogP) is 1.07. The molecule has 0 aliphatic rings. The molecule has 0 fully saturated rings. The highest BCUT2D eigenvalue weighted by atomic mass is 19.1. The molecule has 0 bridgehead atoms. The lowest BCUT2D eigenvalue weighted by Crippen LogP contribution is -2.23. The number of nitrogen functional groups attached to an aromatic ring is 1. The molecule has 3 N–H and O–H groups in total. The maximum absolute atomic E-state index is 12.9. The Morgan fingerprint density at radius 1 is 1.56 bits per heavy atom. The minimum atomic E-state index is -0.441. The van der Waals surface area contributed by atoms with Gasteiger partial charge in [-0.1, -0.05) is 6.07 Å². The van der Waals surface area contributed by atoms with Crippen molar-refractivity contribution in [1.29, 1.82) is 0 Å². The van der Waals surface area contributed by atoms with E-state index in [2.05, 4.69) is 10.4 Å². The number of aryl methyl sites for hydroxylation is 1. The van der Waals surface area contributed by atoms with Crippen molar-refractivity contribution in [2.45, 2.75) is 6.54 Å². The quantitative estimate of drug-likeness (QED) is 0.853. The monoisotopic (exact) mass is 248 g/mol. The molecule has 0 aliphatic carbocycles. The average molecular weight is 248 g/mol. The molecule has 0 spiro atoms. The van der Waals surface area contributed by atoms with Gasteiger partial charge >= 0.3 is 0 Å². The predicted molar refractivity (Wildman–Crippen MR) is 65.2 cm³/mol. The van der Waals surface area contributed by atoms with Gasteiger partial charge in [-0.15, -0.1) is 0 Å². The molecular formula is C12H13FN4O. The van der Waals surface area contributed by atoms with Crippen LogP contribution >= 0.6 is 0 Å². The molecule has 2 rings (SSSR count). The zero-order valence-corrected chi connectivity index (χ0v) is 9.85. The second-order valence-corrected chi connectivity index (χ2v) is 3.87. The molecular weight excluding hydrogens is 235 g/mol. The van der Waals surface area contributed by atoms with Crippen molar-refractivity contribution in [3.05, 3.63) is 47.4 Å². The summed E-state index contributed by atoms with van der Waals surface area (Å²) >= 11 is 0. The standard InChI is InChI=1S/C12H13FN4O/c1-17-11(14)9(7-16-17)6-15-12(18)8-3-2-4-10(13)5-8/h2-5,7H,6,14H2,1H3,(H,15,18). The lowest BCUT2D eigenvalue weighted by atomic mass is 10.2. The first-order valence-electron chi connectivity index (χ1n) is 5.38. The van der Waals surface area contributed by atoms with E-state index in [9.17, 15) is 9.18 Å². The zero-order chi connectivity index (χ0) is 13.1. The largest absolute Gasteiger partial charge is 0.384 e. The van der Waals surface area contributed by atoms with Gasteiger partial charge in [-0.3, -0.25) is 9.48 Å². The third-order valence-corrected chi connectivity index (χ3v) is 2.59. The number of hydrogen-bond acceptors (Lipinski definition) is 3. The van der Waals surface area contributed by atoms with Gasteiger partial charge in [0.2, 0.25) is 0 Å². The summed E-state index contributed by atoms with van der Waals surface area (Å²) in [4.78, 5) is 11.7. The fourth-order valence-corrected chi connectivity index (χ4v) is 1.54. The highest BCUT2D eigenvalue weighted by Crippen LogP contribution is 2.09. The molecule has 18 heavy (non-hydrogen) atoms. The summed E-state index contributed by atoms with van der Waals surface area (Å²) in [6, 6.07) is 5.51. The molecule has 1 aromatic carbocycles. The number of benzene rings is 1. The molecule has 1 heterocycles. The lowest BCUT2D eigenvalue weighted by molar-refractivity contribution is 0.0950. The summed E-state index contributed by atoms with van der Waals surface area (Å²) < 4.78 is 14.5. The Morgan fingerprint density at radius 3 is 2.94 bits per heavy atom. The molecule has 0 atom stereocenters. The first kappa shape index (κ1) is 12.1. The van der Waals surface area contributed by atoms with E-state index in [0.29, 0.717) is 5.82 Å². The topological polar surface area (TPSA) is 72.9 Å². The van der Waals surface area contributed by atoms with Gasteiger partial charge in [0.05, 0.1) is 6.20 Å². The van der Waals surface area contributed by atoms with E-state index in [1.54, 1.807) is 19.3 Å². The smallest absolute Gasteiger partial charge is 0.251 e. The van der Waals surface area contributed by atoms with Gasteiger partial charge < -0.3 is 11.1 Å². The van der Waals surface area contributed by atoms with Crippen LogP contribution in [0.2, 0.25) is 0 Å². The van der Waals surface area contributed by atoms with Gasteiger partial charge in [0, 0.05) is 24.7 Å². The van der Waals surface area contributed by atoms with Gasteiger partial charge in [0.25, 0.3) is 5.91 Å². The highest BCUT2D eigenvalue weighted by molar-refractivity contribution is 5.94. The molecule has 2 aromatic rings. The molecule has 0 unspecified atom stereocenters. The van der Waals surface area contributed by atoms with E-state index in [-0.39, 0.29) is 18.0 Å². The van der Waals surface area contributed by atoms with Crippen LogP contribution in [0.25, 0.3) is 0 Å². The van der Waals surface area contributed by atoms with Gasteiger partial charge in [0.1, 0.15) is 11.6 Å². The molecule has 0 saturated carbocycles. The third kappa shape index (κ3) is 2.48. The first-order valence-corrected chi connectivity index (χ1v) is 5.38. The Balaban J connectivity index is 2.03. The van der Waals surface area contributed by atoms with Crippen LogP contribution in [0.15, 0.2) is 30.5 Å². The molecule has 0 aliphatic heterocycles. The van der Waals surface area contributed by atoms with E-state index in [4.69, 9.17) is 5.73 Å². The molecule has 5 nitrogen and oxygen atoms in total. The van der Waals surface area contributed by atoms with Gasteiger partial charge in [-0.25, -0.2) is 4.39 Å². The Bertz CT molecular complexity index is 579. The molecule has 94 valence electrons. The summed E-state index contributed by atoms with van der Waals surface area (Å²) in [6.07, 6.45) is 1.58. The maximum atomic E-state index is 12.9.